The summed E-state index contributed by atoms with van der Waals surface area (Å²) in [6, 6.07) is 7.83. The Morgan fingerprint density at radius 2 is 1.82 bits per heavy atom. The van der Waals surface area contributed by atoms with Gasteiger partial charge in [0.15, 0.2) is 0 Å². The summed E-state index contributed by atoms with van der Waals surface area (Å²) in [6.45, 7) is 4.45. The summed E-state index contributed by atoms with van der Waals surface area (Å²) >= 11 is 0. The molecule has 1 heterocycles. The highest BCUT2D eigenvalue weighted by Gasteiger charge is 2.24. The molecule has 1 aliphatic heterocycles. The Morgan fingerprint density at radius 3 is 2.45 bits per heavy atom. The van der Waals surface area contributed by atoms with E-state index in [9.17, 15) is 8.42 Å². The van der Waals surface area contributed by atoms with Crippen molar-refractivity contribution in [3.63, 3.8) is 0 Å². The molecule has 0 bridgehead atoms. The van der Waals surface area contributed by atoms with Crippen LogP contribution in [0.5, 0.6) is 5.75 Å². The topological polar surface area (TPSA) is 59.1 Å². The van der Waals surface area contributed by atoms with Crippen LogP contribution in [-0.4, -0.2) is 52.5 Å². The maximum absolute atomic E-state index is 11.8. The number of methoxy groups -OCH3 is 1. The predicted octanol–water partition coefficient (Wildman–Crippen LogP) is 1.88. The summed E-state index contributed by atoms with van der Waals surface area (Å²) in [5.41, 5.74) is 1.03. The highest BCUT2D eigenvalue weighted by Crippen LogP contribution is 2.28. The molecule has 124 valence electrons. The molecule has 1 aliphatic rings. The van der Waals surface area contributed by atoms with E-state index in [1.54, 1.807) is 7.11 Å². The fraction of sp³-hybridized carbons (Fsp3) is 0.600. The van der Waals surface area contributed by atoms with Crippen LogP contribution < -0.4 is 9.64 Å². The van der Waals surface area contributed by atoms with Crippen molar-refractivity contribution in [2.24, 2.45) is 0 Å². The Balaban J connectivity index is 1.90. The Morgan fingerprint density at radius 1 is 1.14 bits per heavy atom. The van der Waals surface area contributed by atoms with Crippen molar-refractivity contribution in [1.29, 1.82) is 0 Å². The number of ether oxygens (including phenoxy) is 1. The average Bonchev–Trinajstić information content (AvgIpc) is 2.53. The maximum atomic E-state index is 11.8. The molecule has 0 aromatic heterocycles. The minimum Gasteiger partial charge on any atom is -0.495 e. The molecule has 6 nitrogen and oxygen atoms in total. The second-order valence-electron chi connectivity index (χ2n) is 5.28. The fourth-order valence-corrected chi connectivity index (χ4v) is 3.60. The van der Waals surface area contributed by atoms with Gasteiger partial charge in [0.25, 0.3) is 10.1 Å². The number of para-hydroxylation sites is 2. The largest absolute Gasteiger partial charge is 0.495 e. The minimum absolute atomic E-state index is 0.0796. The minimum atomic E-state index is -3.46. The summed E-state index contributed by atoms with van der Waals surface area (Å²) in [4.78, 5) is 2.18. The van der Waals surface area contributed by atoms with E-state index < -0.39 is 10.1 Å². The zero-order valence-corrected chi connectivity index (χ0v) is 14.0. The lowest BCUT2D eigenvalue weighted by molar-refractivity contribution is -0.0550. The normalized spacial score (nSPS) is 16.7. The average molecular weight is 328 g/mol. The van der Waals surface area contributed by atoms with E-state index in [1.807, 2.05) is 31.2 Å². The SMILES string of the molecule is CCCCS(=O)(=O)ON1CCN(c2ccccc2OC)CC1. The van der Waals surface area contributed by atoms with Gasteiger partial charge in [-0.25, -0.2) is 0 Å². The monoisotopic (exact) mass is 328 g/mol. The first-order valence-electron chi connectivity index (χ1n) is 7.61. The van der Waals surface area contributed by atoms with Crippen LogP contribution in [0.4, 0.5) is 5.69 Å². The molecule has 0 aliphatic carbocycles. The van der Waals surface area contributed by atoms with Gasteiger partial charge in [-0.15, -0.1) is 0 Å². The Labute approximate surface area is 132 Å². The van der Waals surface area contributed by atoms with Crippen LogP contribution in [0.3, 0.4) is 0 Å². The smallest absolute Gasteiger partial charge is 0.283 e. The van der Waals surface area contributed by atoms with Crippen LogP contribution in [0.1, 0.15) is 19.8 Å². The second kappa shape index (κ2) is 7.80. The number of benzene rings is 1. The van der Waals surface area contributed by atoms with Crippen LogP contribution >= 0.6 is 0 Å². The molecule has 0 N–H and O–H groups in total. The molecular formula is C15H24N2O4S. The molecule has 1 saturated heterocycles. The molecule has 1 aromatic rings. The van der Waals surface area contributed by atoms with Crippen LogP contribution in [-0.2, 0) is 14.4 Å². The number of unbranched alkanes of at least 4 members (excludes halogenated alkanes) is 1. The summed E-state index contributed by atoms with van der Waals surface area (Å²) in [6.07, 6.45) is 1.47. The zero-order valence-electron chi connectivity index (χ0n) is 13.2. The molecule has 0 saturated carbocycles. The van der Waals surface area contributed by atoms with E-state index in [4.69, 9.17) is 9.02 Å². The fourth-order valence-electron chi connectivity index (χ4n) is 2.41. The van der Waals surface area contributed by atoms with Gasteiger partial charge in [0.05, 0.1) is 18.6 Å². The number of hydroxylamine groups is 2. The molecule has 1 aromatic carbocycles. The summed E-state index contributed by atoms with van der Waals surface area (Å²) in [7, 11) is -1.80. The zero-order chi connectivity index (χ0) is 16.0. The van der Waals surface area contributed by atoms with Crippen molar-refractivity contribution in [3.8, 4) is 5.75 Å². The lowest BCUT2D eigenvalue weighted by atomic mass is 10.2. The molecule has 0 unspecified atom stereocenters. The molecule has 0 amide bonds. The van der Waals surface area contributed by atoms with Gasteiger partial charge in [0.2, 0.25) is 0 Å². The maximum Gasteiger partial charge on any atom is 0.283 e. The van der Waals surface area contributed by atoms with Crippen molar-refractivity contribution >= 4 is 15.8 Å². The Hall–Kier alpha value is -1.31. The van der Waals surface area contributed by atoms with Gasteiger partial charge >= 0.3 is 0 Å². The van der Waals surface area contributed by atoms with Gasteiger partial charge in [0.1, 0.15) is 5.75 Å². The van der Waals surface area contributed by atoms with Gasteiger partial charge in [-0.05, 0) is 18.6 Å². The quantitative estimate of drug-likeness (QED) is 0.762. The van der Waals surface area contributed by atoms with Gasteiger partial charge in [-0.3, -0.25) is 0 Å². The third-order valence-electron chi connectivity index (χ3n) is 3.63. The van der Waals surface area contributed by atoms with Gasteiger partial charge in [-0.1, -0.05) is 25.5 Å². The number of hydrogen-bond donors (Lipinski definition) is 0. The molecule has 0 spiro atoms. The van der Waals surface area contributed by atoms with Gasteiger partial charge in [-0.2, -0.15) is 17.8 Å². The molecule has 0 atom stereocenters. The first kappa shape index (κ1) is 17.1. The number of piperazine rings is 1. The van der Waals surface area contributed by atoms with E-state index in [0.29, 0.717) is 32.6 Å². The van der Waals surface area contributed by atoms with Crippen molar-refractivity contribution in [1.82, 2.24) is 5.06 Å². The van der Waals surface area contributed by atoms with Crippen LogP contribution in [0, 0.1) is 0 Å². The predicted molar refractivity (Wildman–Crippen MR) is 86.6 cm³/mol. The molecular weight excluding hydrogens is 304 g/mol. The molecule has 2 rings (SSSR count). The van der Waals surface area contributed by atoms with E-state index in [0.717, 1.165) is 17.9 Å². The van der Waals surface area contributed by atoms with E-state index in [-0.39, 0.29) is 5.75 Å². The molecule has 1 fully saturated rings. The summed E-state index contributed by atoms with van der Waals surface area (Å²) in [5, 5.41) is 1.54. The van der Waals surface area contributed by atoms with Gasteiger partial charge in [0, 0.05) is 26.2 Å². The number of hydrogen-bond acceptors (Lipinski definition) is 6. The summed E-state index contributed by atoms with van der Waals surface area (Å²) < 4.78 is 34.2. The van der Waals surface area contributed by atoms with E-state index in [1.165, 1.54) is 5.06 Å². The highest BCUT2D eigenvalue weighted by molar-refractivity contribution is 7.86. The lowest BCUT2D eigenvalue weighted by Crippen LogP contribution is -2.47. The molecule has 0 radical (unpaired) electrons. The van der Waals surface area contributed by atoms with Crippen LogP contribution in [0.2, 0.25) is 0 Å². The van der Waals surface area contributed by atoms with Crippen molar-refractivity contribution in [3.05, 3.63) is 24.3 Å². The number of rotatable bonds is 7. The van der Waals surface area contributed by atoms with Crippen LogP contribution in [0.15, 0.2) is 24.3 Å². The number of anilines is 1. The summed E-state index contributed by atoms with van der Waals surface area (Å²) in [5.74, 6) is 0.906. The van der Waals surface area contributed by atoms with Crippen molar-refractivity contribution < 1.29 is 17.4 Å². The van der Waals surface area contributed by atoms with Crippen LogP contribution in [0.25, 0.3) is 0 Å². The molecule has 7 heteroatoms. The highest BCUT2D eigenvalue weighted by atomic mass is 32.2. The third kappa shape index (κ3) is 4.59. The molecule has 22 heavy (non-hydrogen) atoms. The van der Waals surface area contributed by atoms with Crippen molar-refractivity contribution in [2.75, 3.05) is 43.9 Å². The van der Waals surface area contributed by atoms with E-state index >= 15 is 0 Å². The Kier molecular flexibility index (Phi) is 6.05. The first-order chi connectivity index (χ1) is 10.6. The lowest BCUT2D eigenvalue weighted by Gasteiger charge is -2.35. The third-order valence-corrected chi connectivity index (χ3v) is 4.86. The Bertz CT molecular complexity index is 569. The van der Waals surface area contributed by atoms with Gasteiger partial charge < -0.3 is 9.64 Å². The number of nitrogens with zero attached hydrogens (tertiary/aromatic N) is 2. The first-order valence-corrected chi connectivity index (χ1v) is 9.18. The van der Waals surface area contributed by atoms with E-state index in [2.05, 4.69) is 4.90 Å². The van der Waals surface area contributed by atoms with Crippen molar-refractivity contribution in [2.45, 2.75) is 19.8 Å². The second-order valence-corrected chi connectivity index (χ2v) is 6.95. The standard InChI is InChI=1S/C15H24N2O4S/c1-3-4-13-22(18,19)21-17-11-9-16(10-12-17)14-7-5-6-8-15(14)20-2/h5-8H,3-4,9-13H2,1-2H3.